The summed E-state index contributed by atoms with van der Waals surface area (Å²) < 4.78 is 0. The van der Waals surface area contributed by atoms with E-state index in [-0.39, 0.29) is 0 Å². The van der Waals surface area contributed by atoms with E-state index in [4.69, 9.17) is 0 Å². The average molecular weight is 258 g/mol. The van der Waals surface area contributed by atoms with Gasteiger partial charge in [-0.3, -0.25) is 4.79 Å². The van der Waals surface area contributed by atoms with Crippen molar-refractivity contribution in [2.45, 2.75) is 37.8 Å². The molecular weight excluding hydrogens is 240 g/mol. The summed E-state index contributed by atoms with van der Waals surface area (Å²) in [6, 6.07) is 2.74. The summed E-state index contributed by atoms with van der Waals surface area (Å²) in [6.45, 7) is 1.85. The second-order valence-electron chi connectivity index (χ2n) is 5.88. The number of anilines is 1. The number of aromatic nitrogens is 2. The lowest BCUT2D eigenvalue weighted by atomic mass is 10.1. The molecule has 0 aromatic carbocycles. The Hall–Kier alpha value is -1.65. The Bertz CT molecular complexity index is 473. The molecule has 19 heavy (non-hydrogen) atoms. The van der Waals surface area contributed by atoms with Gasteiger partial charge in [0.15, 0.2) is 0 Å². The molecule has 2 bridgehead atoms. The van der Waals surface area contributed by atoms with E-state index in [1.165, 1.54) is 0 Å². The van der Waals surface area contributed by atoms with Crippen LogP contribution in [0.15, 0.2) is 18.6 Å². The molecular formula is C14H18N4O. The van der Waals surface area contributed by atoms with Crippen molar-refractivity contribution in [3.05, 3.63) is 18.6 Å². The normalized spacial score (nSPS) is 29.7. The highest BCUT2D eigenvalue weighted by molar-refractivity contribution is 5.82. The fourth-order valence-corrected chi connectivity index (χ4v) is 3.46. The molecule has 5 nitrogen and oxygen atoms in total. The average Bonchev–Trinajstić information content (AvgIpc) is 3.25. The van der Waals surface area contributed by atoms with Gasteiger partial charge in [-0.25, -0.2) is 9.97 Å². The van der Waals surface area contributed by atoms with Crippen LogP contribution in [0.25, 0.3) is 0 Å². The van der Waals surface area contributed by atoms with E-state index in [2.05, 4.69) is 19.8 Å². The molecule has 1 aromatic heterocycles. The van der Waals surface area contributed by atoms with Gasteiger partial charge in [0, 0.05) is 37.3 Å². The third-order valence-corrected chi connectivity index (χ3v) is 4.55. The van der Waals surface area contributed by atoms with Gasteiger partial charge in [-0.05, 0) is 31.7 Å². The maximum Gasteiger partial charge on any atom is 0.226 e. The Labute approximate surface area is 112 Å². The number of nitrogens with zero attached hydrogens (tertiary/aromatic N) is 4. The van der Waals surface area contributed by atoms with E-state index >= 15 is 0 Å². The molecule has 2 atom stereocenters. The smallest absolute Gasteiger partial charge is 0.226 e. The van der Waals surface area contributed by atoms with E-state index in [1.54, 1.807) is 12.5 Å². The van der Waals surface area contributed by atoms with Gasteiger partial charge in [0.05, 0.1) is 0 Å². The van der Waals surface area contributed by atoms with Crippen molar-refractivity contribution < 1.29 is 4.79 Å². The summed E-state index contributed by atoms with van der Waals surface area (Å²) in [5.74, 6) is 1.74. The largest absolute Gasteiger partial charge is 0.352 e. The minimum atomic E-state index is 0.341. The third-order valence-electron chi connectivity index (χ3n) is 4.55. The van der Waals surface area contributed by atoms with Crippen LogP contribution in [0.5, 0.6) is 0 Å². The predicted molar refractivity (Wildman–Crippen MR) is 70.6 cm³/mol. The molecule has 1 aliphatic carbocycles. The SMILES string of the molecule is O=C(C1CC1)N1[C@@H]2CC[C@H]1CN(c1ccncn1)C2. The minimum Gasteiger partial charge on any atom is -0.352 e. The molecule has 3 heterocycles. The summed E-state index contributed by atoms with van der Waals surface area (Å²) in [5.41, 5.74) is 0. The summed E-state index contributed by atoms with van der Waals surface area (Å²) in [7, 11) is 0. The Morgan fingerprint density at radius 1 is 1.16 bits per heavy atom. The van der Waals surface area contributed by atoms with Crippen LogP contribution in [0, 0.1) is 5.92 Å². The highest BCUT2D eigenvalue weighted by Crippen LogP contribution is 2.38. The van der Waals surface area contributed by atoms with Crippen LogP contribution in [0.4, 0.5) is 5.82 Å². The first-order valence-corrected chi connectivity index (χ1v) is 7.16. The number of carbonyl (C=O) groups excluding carboxylic acids is 1. The summed E-state index contributed by atoms with van der Waals surface area (Å²) in [4.78, 5) is 25.1. The van der Waals surface area contributed by atoms with E-state index in [0.29, 0.717) is 23.9 Å². The number of fused-ring (bicyclic) bond motifs is 2. The monoisotopic (exact) mass is 258 g/mol. The zero-order chi connectivity index (χ0) is 12.8. The maximum atomic E-state index is 12.3. The van der Waals surface area contributed by atoms with Gasteiger partial charge in [0.25, 0.3) is 0 Å². The molecule has 3 fully saturated rings. The van der Waals surface area contributed by atoms with E-state index < -0.39 is 0 Å². The summed E-state index contributed by atoms with van der Waals surface area (Å²) >= 11 is 0. The zero-order valence-corrected chi connectivity index (χ0v) is 10.9. The molecule has 2 aliphatic heterocycles. The number of rotatable bonds is 2. The van der Waals surface area contributed by atoms with Crippen molar-refractivity contribution in [3.8, 4) is 0 Å². The van der Waals surface area contributed by atoms with Gasteiger partial charge in [0.1, 0.15) is 12.1 Å². The van der Waals surface area contributed by atoms with Gasteiger partial charge < -0.3 is 9.80 Å². The van der Waals surface area contributed by atoms with Crippen molar-refractivity contribution in [2.24, 2.45) is 5.92 Å². The molecule has 2 saturated heterocycles. The van der Waals surface area contributed by atoms with Gasteiger partial charge in [-0.15, -0.1) is 0 Å². The molecule has 0 spiro atoms. The number of amides is 1. The molecule has 1 aromatic rings. The van der Waals surface area contributed by atoms with E-state index in [1.807, 2.05) is 6.07 Å². The van der Waals surface area contributed by atoms with Crippen LogP contribution < -0.4 is 4.90 Å². The van der Waals surface area contributed by atoms with Crippen molar-refractivity contribution in [2.75, 3.05) is 18.0 Å². The lowest BCUT2D eigenvalue weighted by Crippen LogP contribution is -2.56. The maximum absolute atomic E-state index is 12.3. The first kappa shape index (κ1) is 11.2. The van der Waals surface area contributed by atoms with Crippen LogP contribution >= 0.6 is 0 Å². The molecule has 3 aliphatic rings. The number of carbonyl (C=O) groups is 1. The number of hydrogen-bond acceptors (Lipinski definition) is 4. The van der Waals surface area contributed by atoms with Crippen LogP contribution in [-0.2, 0) is 4.79 Å². The fourth-order valence-electron chi connectivity index (χ4n) is 3.46. The lowest BCUT2D eigenvalue weighted by molar-refractivity contribution is -0.135. The van der Waals surface area contributed by atoms with Crippen molar-refractivity contribution in [1.29, 1.82) is 0 Å². The van der Waals surface area contributed by atoms with E-state index in [9.17, 15) is 4.79 Å². The minimum absolute atomic E-state index is 0.341. The lowest BCUT2D eigenvalue weighted by Gasteiger charge is -2.41. The fraction of sp³-hybridized carbons (Fsp3) is 0.643. The number of piperazine rings is 1. The zero-order valence-electron chi connectivity index (χ0n) is 10.9. The molecule has 1 saturated carbocycles. The quantitative estimate of drug-likeness (QED) is 0.796. The van der Waals surface area contributed by atoms with Gasteiger partial charge >= 0.3 is 0 Å². The van der Waals surface area contributed by atoms with Gasteiger partial charge in [0.2, 0.25) is 5.91 Å². The van der Waals surface area contributed by atoms with Crippen LogP contribution in [0.3, 0.4) is 0 Å². The molecule has 1 amide bonds. The first-order valence-electron chi connectivity index (χ1n) is 7.16. The topological polar surface area (TPSA) is 49.3 Å². The third kappa shape index (κ3) is 1.88. The molecule has 0 N–H and O–H groups in total. The molecule has 5 heteroatoms. The Kier molecular flexibility index (Phi) is 2.47. The Morgan fingerprint density at radius 2 is 1.89 bits per heavy atom. The van der Waals surface area contributed by atoms with Crippen LogP contribution in [0.2, 0.25) is 0 Å². The summed E-state index contributed by atoms with van der Waals surface area (Å²) in [5, 5.41) is 0. The Balaban J connectivity index is 1.53. The van der Waals surface area contributed by atoms with Crippen LogP contribution in [-0.4, -0.2) is 45.9 Å². The second kappa shape index (κ2) is 4.18. The highest BCUT2D eigenvalue weighted by atomic mass is 16.2. The number of hydrogen-bond donors (Lipinski definition) is 0. The molecule has 100 valence electrons. The Morgan fingerprint density at radius 3 is 2.47 bits per heavy atom. The van der Waals surface area contributed by atoms with E-state index in [0.717, 1.165) is 44.6 Å². The van der Waals surface area contributed by atoms with Crippen molar-refractivity contribution >= 4 is 11.7 Å². The van der Waals surface area contributed by atoms with Crippen molar-refractivity contribution in [3.63, 3.8) is 0 Å². The standard InChI is InChI=1S/C14H18N4O/c19-14(10-1-2-10)18-11-3-4-12(18)8-17(7-11)13-5-6-15-9-16-13/h5-6,9-12H,1-4,7-8H2/t11-,12+. The van der Waals surface area contributed by atoms with Crippen LogP contribution in [0.1, 0.15) is 25.7 Å². The highest BCUT2D eigenvalue weighted by Gasteiger charge is 2.46. The van der Waals surface area contributed by atoms with Crippen molar-refractivity contribution in [1.82, 2.24) is 14.9 Å². The first-order chi connectivity index (χ1) is 9.33. The molecule has 4 rings (SSSR count). The molecule has 0 unspecified atom stereocenters. The molecule has 0 radical (unpaired) electrons. The van der Waals surface area contributed by atoms with Gasteiger partial charge in [-0.2, -0.15) is 0 Å². The van der Waals surface area contributed by atoms with Gasteiger partial charge in [-0.1, -0.05) is 0 Å². The summed E-state index contributed by atoms with van der Waals surface area (Å²) in [6.07, 6.45) is 7.87. The second-order valence-corrected chi connectivity index (χ2v) is 5.88. The predicted octanol–water partition coefficient (Wildman–Crippen LogP) is 1.07.